The molecule has 1 saturated carbocycles. The molecule has 3 rings (SSSR count). The maximum absolute atomic E-state index is 12.5. The van der Waals surface area contributed by atoms with Gasteiger partial charge in [-0.2, -0.15) is 0 Å². The van der Waals surface area contributed by atoms with E-state index in [2.05, 4.69) is 22.0 Å². The van der Waals surface area contributed by atoms with Crippen LogP contribution in [0.1, 0.15) is 63.2 Å². The van der Waals surface area contributed by atoms with Crippen molar-refractivity contribution in [1.29, 1.82) is 0 Å². The van der Waals surface area contributed by atoms with E-state index in [4.69, 9.17) is 0 Å². The third kappa shape index (κ3) is 7.12. The molecule has 2 unspecified atom stereocenters. The highest BCUT2D eigenvalue weighted by molar-refractivity contribution is 5.94. The third-order valence-corrected chi connectivity index (χ3v) is 5.72. The summed E-state index contributed by atoms with van der Waals surface area (Å²) in [5.41, 5.74) is 1.86. The first-order valence-corrected chi connectivity index (χ1v) is 11.0. The maximum atomic E-state index is 12.5. The minimum atomic E-state index is -0.0666. The Bertz CT molecular complexity index is 598. The van der Waals surface area contributed by atoms with E-state index in [9.17, 15) is 9.59 Å². The summed E-state index contributed by atoms with van der Waals surface area (Å²) in [7, 11) is 0. The fourth-order valence-electron chi connectivity index (χ4n) is 4.12. The molecule has 1 saturated heterocycles. The average molecular weight is 406 g/mol. The van der Waals surface area contributed by atoms with Gasteiger partial charge in [-0.3, -0.25) is 9.69 Å². The zero-order valence-electron chi connectivity index (χ0n) is 18.3. The largest absolute Gasteiger partial charge is 0.412 e. The van der Waals surface area contributed by atoms with Gasteiger partial charge in [0.25, 0.3) is 5.91 Å². The molecule has 164 valence electrons. The summed E-state index contributed by atoms with van der Waals surface area (Å²) in [5.74, 6) is -0.102. The molecule has 0 bridgehead atoms. The van der Waals surface area contributed by atoms with E-state index in [-0.39, 0.29) is 23.3 Å². The molecule has 2 fully saturated rings. The van der Waals surface area contributed by atoms with Crippen molar-refractivity contribution in [2.45, 2.75) is 58.9 Å². The van der Waals surface area contributed by atoms with Crippen LogP contribution in [0.3, 0.4) is 0 Å². The number of carbonyl (C=O) groups is 2. The van der Waals surface area contributed by atoms with Crippen LogP contribution in [-0.2, 0) is 4.79 Å². The lowest BCUT2D eigenvalue weighted by atomic mass is 9.85. The molecule has 1 aliphatic carbocycles. The van der Waals surface area contributed by atoms with Crippen LogP contribution in [-0.4, -0.2) is 61.3 Å². The Labute approximate surface area is 176 Å². The van der Waals surface area contributed by atoms with Crippen LogP contribution in [0.15, 0.2) is 24.3 Å². The van der Waals surface area contributed by atoms with Gasteiger partial charge in [0.05, 0.1) is 0 Å². The van der Waals surface area contributed by atoms with Crippen molar-refractivity contribution < 1.29 is 15.1 Å². The fraction of sp³-hybridized carbons (Fsp3) is 0.652. The summed E-state index contributed by atoms with van der Waals surface area (Å²) in [5, 5.41) is 3.06. The van der Waals surface area contributed by atoms with Crippen molar-refractivity contribution in [2.24, 2.45) is 5.92 Å². The second kappa shape index (κ2) is 13.3. The van der Waals surface area contributed by atoms with E-state index >= 15 is 0 Å². The summed E-state index contributed by atoms with van der Waals surface area (Å²) in [4.78, 5) is 28.6. The van der Waals surface area contributed by atoms with Gasteiger partial charge in [0, 0.05) is 49.4 Å². The summed E-state index contributed by atoms with van der Waals surface area (Å²) < 4.78 is 0. The summed E-state index contributed by atoms with van der Waals surface area (Å²) in [6.45, 7) is 11.7. The average Bonchev–Trinajstić information content (AvgIpc) is 2.76. The van der Waals surface area contributed by atoms with Crippen molar-refractivity contribution in [1.82, 2.24) is 10.2 Å². The predicted octanol–water partition coefficient (Wildman–Crippen LogP) is 2.91. The van der Waals surface area contributed by atoms with Crippen LogP contribution >= 0.6 is 0 Å². The predicted molar refractivity (Wildman–Crippen MR) is 120 cm³/mol. The number of rotatable bonds is 6. The molecule has 1 aliphatic heterocycles. The van der Waals surface area contributed by atoms with Crippen molar-refractivity contribution in [3.05, 3.63) is 29.8 Å². The molecule has 1 aromatic carbocycles. The van der Waals surface area contributed by atoms with Gasteiger partial charge in [-0.05, 0) is 50.1 Å². The van der Waals surface area contributed by atoms with Gasteiger partial charge < -0.3 is 20.5 Å². The van der Waals surface area contributed by atoms with Crippen LogP contribution in [0.5, 0.6) is 0 Å². The van der Waals surface area contributed by atoms with Crippen molar-refractivity contribution in [2.75, 3.05) is 37.6 Å². The molecule has 0 aromatic heterocycles. The van der Waals surface area contributed by atoms with Gasteiger partial charge in [0.2, 0.25) is 0 Å². The molecular weight excluding hydrogens is 366 g/mol. The Morgan fingerprint density at radius 1 is 1.07 bits per heavy atom. The molecular formula is C23H39N3O3. The van der Waals surface area contributed by atoms with Crippen LogP contribution in [0.2, 0.25) is 0 Å². The number of nitrogens with one attached hydrogen (secondary N) is 1. The Morgan fingerprint density at radius 3 is 2.28 bits per heavy atom. The molecule has 6 heteroatoms. The molecule has 1 heterocycles. The summed E-state index contributed by atoms with van der Waals surface area (Å²) in [6.07, 6.45) is 6.15. The Balaban J connectivity index is 0.00000136. The quantitative estimate of drug-likeness (QED) is 0.738. The monoisotopic (exact) mass is 405 g/mol. The summed E-state index contributed by atoms with van der Waals surface area (Å²) >= 11 is 0. The number of hydrogen-bond donors (Lipinski definition) is 1. The molecule has 2 atom stereocenters. The van der Waals surface area contributed by atoms with Gasteiger partial charge in [-0.25, -0.2) is 0 Å². The first-order chi connectivity index (χ1) is 13.7. The molecule has 0 spiro atoms. The first-order valence-electron chi connectivity index (χ1n) is 11.0. The number of piperazine rings is 1. The molecule has 1 amide bonds. The number of amides is 1. The fourth-order valence-corrected chi connectivity index (χ4v) is 4.12. The van der Waals surface area contributed by atoms with E-state index in [1.807, 2.05) is 38.1 Å². The highest BCUT2D eigenvalue weighted by Gasteiger charge is 2.26. The van der Waals surface area contributed by atoms with E-state index in [0.29, 0.717) is 5.56 Å². The van der Waals surface area contributed by atoms with Crippen molar-refractivity contribution in [3.8, 4) is 0 Å². The highest BCUT2D eigenvalue weighted by atomic mass is 16.1. The van der Waals surface area contributed by atoms with Crippen LogP contribution < -0.4 is 10.2 Å². The lowest BCUT2D eigenvalue weighted by Gasteiger charge is -2.36. The third-order valence-electron chi connectivity index (χ3n) is 5.72. The lowest BCUT2D eigenvalue weighted by Crippen LogP contribution is -2.46. The first kappa shape index (κ1) is 25.1. The normalized spacial score (nSPS) is 22.0. The second-order valence-electron chi connectivity index (χ2n) is 7.54. The Morgan fingerprint density at radius 2 is 1.69 bits per heavy atom. The minimum absolute atomic E-state index is 0. The highest BCUT2D eigenvalue weighted by Crippen LogP contribution is 2.23. The molecule has 2 aliphatic rings. The number of carbonyl (C=O) groups excluding carboxylic acids is 2. The summed E-state index contributed by atoms with van der Waals surface area (Å²) in [6, 6.07) is 7.88. The molecule has 0 radical (unpaired) electrons. The Hall–Kier alpha value is -1.92. The standard InChI is InChI=1S/C21H31N3O2.C2H6.H2O/c1-2-11-23-12-14-24(15-13-23)19-9-7-17(8-10-19)21(26)22-20-6-4-3-5-18(20)16-25;1-2;/h7-10,16,18,20H,2-6,11-15H2,1H3,(H,22,26);1-2H3;1H2. The van der Waals surface area contributed by atoms with Gasteiger partial charge in [0.15, 0.2) is 0 Å². The Kier molecular flexibility index (Phi) is 11.5. The zero-order valence-corrected chi connectivity index (χ0v) is 18.3. The molecule has 3 N–H and O–H groups in total. The number of hydrogen-bond acceptors (Lipinski definition) is 4. The van der Waals surface area contributed by atoms with Gasteiger partial charge in [0.1, 0.15) is 6.29 Å². The van der Waals surface area contributed by atoms with E-state index < -0.39 is 0 Å². The van der Waals surface area contributed by atoms with Gasteiger partial charge in [-0.1, -0.05) is 33.6 Å². The molecule has 1 aromatic rings. The number of benzene rings is 1. The number of anilines is 1. The zero-order chi connectivity index (χ0) is 20.4. The van der Waals surface area contributed by atoms with Crippen LogP contribution in [0.4, 0.5) is 5.69 Å². The number of aldehydes is 1. The maximum Gasteiger partial charge on any atom is 0.251 e. The van der Waals surface area contributed by atoms with Crippen molar-refractivity contribution in [3.63, 3.8) is 0 Å². The molecule has 29 heavy (non-hydrogen) atoms. The lowest BCUT2D eigenvalue weighted by molar-refractivity contribution is -0.112. The van der Waals surface area contributed by atoms with E-state index in [0.717, 1.165) is 58.1 Å². The topological polar surface area (TPSA) is 84.2 Å². The van der Waals surface area contributed by atoms with E-state index in [1.165, 1.54) is 18.7 Å². The number of nitrogens with zero attached hydrogens (tertiary/aromatic N) is 2. The van der Waals surface area contributed by atoms with Crippen molar-refractivity contribution >= 4 is 17.9 Å². The van der Waals surface area contributed by atoms with Gasteiger partial charge >= 0.3 is 0 Å². The van der Waals surface area contributed by atoms with Gasteiger partial charge in [-0.15, -0.1) is 0 Å². The van der Waals surface area contributed by atoms with E-state index in [1.54, 1.807) is 0 Å². The molecule has 6 nitrogen and oxygen atoms in total. The minimum Gasteiger partial charge on any atom is -0.412 e. The van der Waals surface area contributed by atoms with Crippen LogP contribution in [0, 0.1) is 5.92 Å². The van der Waals surface area contributed by atoms with Crippen LogP contribution in [0.25, 0.3) is 0 Å². The smallest absolute Gasteiger partial charge is 0.251 e. The second-order valence-corrected chi connectivity index (χ2v) is 7.54. The SMILES string of the molecule is CC.CCCN1CCN(c2ccc(C(=O)NC3CCCCC3C=O)cc2)CC1.O.